The molecule has 0 radical (unpaired) electrons. The fraction of sp³-hybridized carbons (Fsp3) is 0.519. The number of carbonyl (C=O) groups is 1. The molecule has 36 heavy (non-hydrogen) atoms. The van der Waals surface area contributed by atoms with Crippen LogP contribution in [0.5, 0.6) is 28.7 Å². The van der Waals surface area contributed by atoms with Gasteiger partial charge in [0.1, 0.15) is 5.75 Å². The van der Waals surface area contributed by atoms with Gasteiger partial charge in [-0.15, -0.1) is 12.4 Å². The minimum Gasteiger partial charge on any atom is -0.493 e. The molecule has 0 saturated heterocycles. The smallest absolute Gasteiger partial charge is 0.227 e. The van der Waals surface area contributed by atoms with Crippen LogP contribution in [-0.2, 0) is 17.6 Å². The molecule has 0 atom stereocenters. The highest BCUT2D eigenvalue weighted by Crippen LogP contribution is 2.33. The van der Waals surface area contributed by atoms with E-state index >= 15 is 0 Å². The van der Waals surface area contributed by atoms with Crippen molar-refractivity contribution in [2.45, 2.75) is 25.7 Å². The summed E-state index contributed by atoms with van der Waals surface area (Å²) in [7, 11) is 8.59. The predicted molar refractivity (Wildman–Crippen MR) is 143 cm³/mol. The Morgan fingerprint density at radius 3 is 2.11 bits per heavy atom. The predicted octanol–water partition coefficient (Wildman–Crippen LogP) is 3.86. The highest BCUT2D eigenvalue weighted by molar-refractivity contribution is 5.85. The Kier molecular flexibility index (Phi) is 12.0. The lowest BCUT2D eigenvalue weighted by atomic mass is 10.0. The van der Waals surface area contributed by atoms with Crippen molar-refractivity contribution in [3.05, 3.63) is 41.5 Å². The third-order valence-electron chi connectivity index (χ3n) is 6.33. The molecule has 2 aromatic carbocycles. The molecule has 9 heteroatoms. The Hall–Kier alpha value is -2.84. The van der Waals surface area contributed by atoms with E-state index in [0.29, 0.717) is 36.0 Å². The molecule has 8 nitrogen and oxygen atoms in total. The molecule has 0 aliphatic carbocycles. The van der Waals surface area contributed by atoms with E-state index in [4.69, 9.17) is 23.7 Å². The molecular formula is C27H39ClN2O6. The van der Waals surface area contributed by atoms with Crippen molar-refractivity contribution in [2.75, 3.05) is 68.3 Å². The standard InChI is InChI=1S/C27H38N2O6.ClH/c1-28(12-7-15-35-22-8-9-23(31-2)26(19-22)34-5)11-6-13-29-14-10-20-16-24(32-3)25(33-4)17-21(20)18-27(29)30;/h8-9,16-17,19H,6-7,10-15,18H2,1-5H3;1H. The first kappa shape index (κ1) is 29.4. The van der Waals surface area contributed by atoms with E-state index in [2.05, 4.69) is 11.9 Å². The maximum atomic E-state index is 12.8. The highest BCUT2D eigenvalue weighted by atomic mass is 35.5. The summed E-state index contributed by atoms with van der Waals surface area (Å²) in [4.78, 5) is 17.1. The summed E-state index contributed by atoms with van der Waals surface area (Å²) < 4.78 is 27.3. The average molecular weight is 523 g/mol. The van der Waals surface area contributed by atoms with E-state index in [9.17, 15) is 4.79 Å². The van der Waals surface area contributed by atoms with E-state index in [-0.39, 0.29) is 18.3 Å². The molecule has 0 fully saturated rings. The molecule has 0 spiro atoms. The van der Waals surface area contributed by atoms with Gasteiger partial charge in [0, 0.05) is 25.7 Å². The molecule has 1 aliphatic rings. The summed E-state index contributed by atoms with van der Waals surface area (Å²) in [6.45, 7) is 3.95. The van der Waals surface area contributed by atoms with Crippen LogP contribution in [0.3, 0.4) is 0 Å². The lowest BCUT2D eigenvalue weighted by molar-refractivity contribution is -0.130. The fourth-order valence-electron chi connectivity index (χ4n) is 4.33. The number of fused-ring (bicyclic) bond motifs is 1. The number of nitrogens with zero attached hydrogens (tertiary/aromatic N) is 2. The maximum Gasteiger partial charge on any atom is 0.227 e. The Morgan fingerprint density at radius 1 is 0.833 bits per heavy atom. The van der Waals surface area contributed by atoms with Crippen molar-refractivity contribution in [3.63, 3.8) is 0 Å². The second-order valence-electron chi connectivity index (χ2n) is 8.66. The molecule has 200 valence electrons. The van der Waals surface area contributed by atoms with Crippen LogP contribution in [0, 0.1) is 0 Å². The summed E-state index contributed by atoms with van der Waals surface area (Å²) in [6, 6.07) is 9.51. The molecule has 0 aromatic heterocycles. The Labute approximate surface area is 220 Å². The molecule has 0 unspecified atom stereocenters. The number of amides is 1. The fourth-order valence-corrected chi connectivity index (χ4v) is 4.33. The van der Waals surface area contributed by atoms with Crippen molar-refractivity contribution in [1.82, 2.24) is 9.80 Å². The SMILES string of the molecule is COc1ccc(OCCCN(C)CCCN2CCc3cc(OC)c(OC)cc3CC2=O)cc1OC.Cl. The van der Waals surface area contributed by atoms with E-state index in [1.807, 2.05) is 35.2 Å². The van der Waals surface area contributed by atoms with Crippen molar-refractivity contribution in [3.8, 4) is 28.7 Å². The summed E-state index contributed by atoms with van der Waals surface area (Å²) in [6.07, 6.45) is 3.07. The van der Waals surface area contributed by atoms with Crippen LogP contribution in [0.1, 0.15) is 24.0 Å². The monoisotopic (exact) mass is 522 g/mol. The zero-order valence-electron chi connectivity index (χ0n) is 22.0. The number of halogens is 1. The summed E-state index contributed by atoms with van der Waals surface area (Å²) in [5.74, 6) is 3.66. The number of hydrogen-bond donors (Lipinski definition) is 0. The number of rotatable bonds is 13. The molecule has 1 aliphatic heterocycles. The molecule has 1 heterocycles. The minimum atomic E-state index is 0. The highest BCUT2D eigenvalue weighted by Gasteiger charge is 2.22. The molecular weight excluding hydrogens is 484 g/mol. The zero-order chi connectivity index (χ0) is 25.2. The van der Waals surface area contributed by atoms with Gasteiger partial charge in [-0.1, -0.05) is 0 Å². The lowest BCUT2D eigenvalue weighted by Crippen LogP contribution is -2.35. The molecule has 1 amide bonds. The van der Waals surface area contributed by atoms with Gasteiger partial charge in [0.15, 0.2) is 23.0 Å². The molecule has 0 saturated carbocycles. The Bertz CT molecular complexity index is 987. The van der Waals surface area contributed by atoms with E-state index in [0.717, 1.165) is 62.3 Å². The van der Waals surface area contributed by atoms with Gasteiger partial charge in [0.25, 0.3) is 0 Å². The first-order valence-corrected chi connectivity index (χ1v) is 12.0. The van der Waals surface area contributed by atoms with Crippen LogP contribution >= 0.6 is 12.4 Å². The van der Waals surface area contributed by atoms with E-state index < -0.39 is 0 Å². The van der Waals surface area contributed by atoms with Gasteiger partial charge in [-0.2, -0.15) is 0 Å². The minimum absolute atomic E-state index is 0. The lowest BCUT2D eigenvalue weighted by Gasteiger charge is -2.23. The van der Waals surface area contributed by atoms with Gasteiger partial charge >= 0.3 is 0 Å². The van der Waals surface area contributed by atoms with Crippen LogP contribution in [-0.4, -0.2) is 84.0 Å². The van der Waals surface area contributed by atoms with Gasteiger partial charge in [-0.05, 0) is 68.2 Å². The van der Waals surface area contributed by atoms with Gasteiger partial charge in [-0.25, -0.2) is 0 Å². The average Bonchev–Trinajstić information content (AvgIpc) is 3.03. The number of hydrogen-bond acceptors (Lipinski definition) is 7. The first-order chi connectivity index (χ1) is 17.0. The van der Waals surface area contributed by atoms with Crippen LogP contribution < -0.4 is 23.7 Å². The van der Waals surface area contributed by atoms with Crippen LogP contribution in [0.25, 0.3) is 0 Å². The van der Waals surface area contributed by atoms with E-state index in [1.54, 1.807) is 28.4 Å². The van der Waals surface area contributed by atoms with Gasteiger partial charge in [-0.3, -0.25) is 4.79 Å². The second kappa shape index (κ2) is 14.7. The van der Waals surface area contributed by atoms with Gasteiger partial charge in [0.05, 0.1) is 41.5 Å². The second-order valence-corrected chi connectivity index (χ2v) is 8.66. The zero-order valence-corrected chi connectivity index (χ0v) is 22.8. The van der Waals surface area contributed by atoms with Crippen molar-refractivity contribution < 1.29 is 28.5 Å². The van der Waals surface area contributed by atoms with Crippen LogP contribution in [0.4, 0.5) is 0 Å². The molecule has 0 N–H and O–H groups in total. The van der Waals surface area contributed by atoms with Crippen LogP contribution in [0.15, 0.2) is 30.3 Å². The van der Waals surface area contributed by atoms with Crippen LogP contribution in [0.2, 0.25) is 0 Å². The first-order valence-electron chi connectivity index (χ1n) is 12.0. The summed E-state index contributed by atoms with van der Waals surface area (Å²) in [5, 5.41) is 0. The number of methoxy groups -OCH3 is 4. The summed E-state index contributed by atoms with van der Waals surface area (Å²) >= 11 is 0. The third-order valence-corrected chi connectivity index (χ3v) is 6.33. The molecule has 0 bridgehead atoms. The normalized spacial score (nSPS) is 12.9. The number of benzene rings is 2. The quantitative estimate of drug-likeness (QED) is 0.370. The largest absolute Gasteiger partial charge is 0.493 e. The topological polar surface area (TPSA) is 69.7 Å². The molecule has 3 rings (SSSR count). The van der Waals surface area contributed by atoms with Gasteiger partial charge < -0.3 is 33.5 Å². The van der Waals surface area contributed by atoms with Crippen molar-refractivity contribution >= 4 is 18.3 Å². The maximum absolute atomic E-state index is 12.8. The Balaban J connectivity index is 0.00000456. The van der Waals surface area contributed by atoms with Crippen molar-refractivity contribution in [2.24, 2.45) is 0 Å². The number of ether oxygens (including phenoxy) is 5. The number of carbonyl (C=O) groups excluding carboxylic acids is 1. The Morgan fingerprint density at radius 2 is 1.44 bits per heavy atom. The van der Waals surface area contributed by atoms with Gasteiger partial charge in [0.2, 0.25) is 5.91 Å². The third kappa shape index (κ3) is 7.83. The molecule has 2 aromatic rings. The van der Waals surface area contributed by atoms with E-state index in [1.165, 1.54) is 0 Å². The summed E-state index contributed by atoms with van der Waals surface area (Å²) in [5.41, 5.74) is 2.19. The van der Waals surface area contributed by atoms with Crippen molar-refractivity contribution in [1.29, 1.82) is 0 Å².